The Balaban J connectivity index is 0.000000162. The maximum Gasteiger partial charge on any atom is 0.166 e. The molecule has 10 rings (SSSR count). The fourth-order valence-corrected chi connectivity index (χ4v) is 7.90. The van der Waals surface area contributed by atoms with Gasteiger partial charge in [-0.25, -0.2) is 34.3 Å². The third-order valence-electron chi connectivity index (χ3n) is 11.8. The molecule has 2 unspecified atom stereocenters. The van der Waals surface area contributed by atoms with Crippen LogP contribution in [0.1, 0.15) is 69.3 Å². The summed E-state index contributed by atoms with van der Waals surface area (Å²) < 4.78 is 18.0. The van der Waals surface area contributed by atoms with Gasteiger partial charge < -0.3 is 29.7 Å². The summed E-state index contributed by atoms with van der Waals surface area (Å²) in [5.74, 6) is 2.05. The maximum absolute atomic E-state index is 13.8. The summed E-state index contributed by atoms with van der Waals surface area (Å²) in [6.45, 7) is 12.0. The Kier molecular flexibility index (Phi) is 12.0. The maximum atomic E-state index is 13.8. The van der Waals surface area contributed by atoms with Gasteiger partial charge >= 0.3 is 0 Å². The van der Waals surface area contributed by atoms with Crippen LogP contribution in [0.2, 0.25) is 0 Å². The Labute approximate surface area is 369 Å². The smallest absolute Gasteiger partial charge is 0.166 e. The van der Waals surface area contributed by atoms with Crippen molar-refractivity contribution in [3.05, 3.63) is 133 Å². The molecule has 0 aliphatic carbocycles. The molecular weight excluding hydrogens is 804 g/mol. The number of rotatable bonds is 14. The first-order valence-electron chi connectivity index (χ1n) is 21.9. The minimum Gasteiger partial charge on any atom is -0.368 e. The van der Waals surface area contributed by atoms with Crippen LogP contribution in [0.25, 0.3) is 66.9 Å². The number of pyridine rings is 2. The highest BCUT2D eigenvalue weighted by Gasteiger charge is 2.19. The number of fused-ring (bicyclic) bond motifs is 4. The number of hydrogen-bond donors (Lipinski definition) is 4. The highest BCUT2D eigenvalue weighted by atomic mass is 19.1. The van der Waals surface area contributed by atoms with E-state index < -0.39 is 5.82 Å². The first-order valence-corrected chi connectivity index (χ1v) is 21.9. The van der Waals surface area contributed by atoms with Gasteiger partial charge in [-0.15, -0.1) is 0 Å². The number of imidazole rings is 2. The summed E-state index contributed by atoms with van der Waals surface area (Å²) in [4.78, 5) is 43.3. The molecule has 2 atom stereocenters. The predicted octanol–water partition coefficient (Wildman–Crippen LogP) is 10.4. The van der Waals surface area contributed by atoms with Gasteiger partial charge in [-0.2, -0.15) is 0 Å². The van der Waals surface area contributed by atoms with Crippen molar-refractivity contribution in [2.24, 2.45) is 0 Å². The summed E-state index contributed by atoms with van der Waals surface area (Å²) in [5.41, 5.74) is 10.4. The van der Waals surface area contributed by atoms with Crippen molar-refractivity contribution in [3.63, 3.8) is 0 Å². The number of halogens is 1. The van der Waals surface area contributed by atoms with E-state index in [0.29, 0.717) is 41.1 Å². The Hall–Kier alpha value is -7.55. The van der Waals surface area contributed by atoms with Crippen molar-refractivity contribution >= 4 is 55.8 Å². The van der Waals surface area contributed by atoms with Crippen molar-refractivity contribution in [2.45, 2.75) is 72.4 Å². The second-order valence-electron chi connectivity index (χ2n) is 16.2. The molecule has 64 heavy (non-hydrogen) atoms. The SMILES string of the molecule is CCC(C)n1cnc2c(NCCc3c[nH]c4ccccc34)nc(-c3cncc(C)c3)nc21.CCC(C)n1cnc2c(NCCc3c[nH]c4ccccc34)nc(-c3cncc(F)c3)nc21. The fraction of sp³-hybridized carbons (Fsp3) is 0.265. The Bertz CT molecular complexity index is 2980. The number of hydrogen-bond acceptors (Lipinski definition) is 10. The second-order valence-corrected chi connectivity index (χ2v) is 16.2. The van der Waals surface area contributed by atoms with Gasteiger partial charge in [0.05, 0.1) is 18.9 Å². The molecule has 324 valence electrons. The van der Waals surface area contributed by atoms with E-state index in [0.717, 1.165) is 77.0 Å². The Morgan fingerprint density at radius 2 is 1.11 bits per heavy atom. The molecule has 0 spiro atoms. The summed E-state index contributed by atoms with van der Waals surface area (Å²) in [5, 5.41) is 9.43. The van der Waals surface area contributed by atoms with E-state index in [-0.39, 0.29) is 6.04 Å². The van der Waals surface area contributed by atoms with E-state index >= 15 is 0 Å². The van der Waals surface area contributed by atoms with Gasteiger partial charge in [0.25, 0.3) is 0 Å². The Morgan fingerprint density at radius 1 is 0.625 bits per heavy atom. The van der Waals surface area contributed by atoms with Crippen molar-refractivity contribution in [3.8, 4) is 22.8 Å². The number of aryl methyl sites for hydroxylation is 1. The van der Waals surface area contributed by atoms with Crippen LogP contribution in [0.4, 0.5) is 16.0 Å². The molecule has 0 aliphatic heterocycles. The number of aromatic amines is 2. The van der Waals surface area contributed by atoms with Crippen molar-refractivity contribution < 1.29 is 4.39 Å². The third-order valence-corrected chi connectivity index (χ3v) is 11.8. The first kappa shape index (κ1) is 41.8. The molecule has 8 heterocycles. The molecule has 0 aliphatic rings. The average Bonchev–Trinajstić information content (AvgIpc) is 4.14. The van der Waals surface area contributed by atoms with Crippen molar-refractivity contribution in [1.82, 2.24) is 59.0 Å². The molecule has 8 aromatic heterocycles. The monoisotopic (exact) mass is 854 g/mol. The molecule has 0 fully saturated rings. The number of nitrogens with zero attached hydrogens (tertiary/aromatic N) is 10. The number of anilines is 2. The van der Waals surface area contributed by atoms with E-state index in [9.17, 15) is 4.39 Å². The average molecular weight is 855 g/mol. The van der Waals surface area contributed by atoms with E-state index in [1.807, 2.05) is 54.6 Å². The zero-order chi connectivity index (χ0) is 44.2. The van der Waals surface area contributed by atoms with Crippen LogP contribution in [-0.2, 0) is 12.8 Å². The van der Waals surface area contributed by atoms with E-state index in [4.69, 9.17) is 15.0 Å². The highest BCUT2D eigenvalue weighted by molar-refractivity contribution is 5.87. The number of H-pyrrole nitrogens is 2. The van der Waals surface area contributed by atoms with E-state index in [1.165, 1.54) is 34.2 Å². The minimum absolute atomic E-state index is 0.229. The van der Waals surface area contributed by atoms with E-state index in [1.54, 1.807) is 12.5 Å². The molecule has 15 heteroatoms. The highest BCUT2D eigenvalue weighted by Crippen LogP contribution is 2.29. The fourth-order valence-electron chi connectivity index (χ4n) is 7.90. The molecule has 14 nitrogen and oxygen atoms in total. The lowest BCUT2D eigenvalue weighted by molar-refractivity contribution is 0.541. The molecule has 0 bridgehead atoms. The summed E-state index contributed by atoms with van der Waals surface area (Å²) >= 11 is 0. The lowest BCUT2D eigenvalue weighted by Crippen LogP contribution is -2.09. The van der Waals surface area contributed by atoms with Crippen LogP contribution >= 0.6 is 0 Å². The van der Waals surface area contributed by atoms with Crippen LogP contribution in [0.3, 0.4) is 0 Å². The van der Waals surface area contributed by atoms with Crippen LogP contribution in [0.5, 0.6) is 0 Å². The molecule has 0 saturated heterocycles. The van der Waals surface area contributed by atoms with Gasteiger partial charge in [0, 0.05) is 89.1 Å². The van der Waals surface area contributed by atoms with Crippen LogP contribution < -0.4 is 10.6 Å². The number of aromatic nitrogens is 12. The largest absolute Gasteiger partial charge is 0.368 e. The van der Waals surface area contributed by atoms with Crippen molar-refractivity contribution in [2.75, 3.05) is 23.7 Å². The lowest BCUT2D eigenvalue weighted by Gasteiger charge is -2.13. The molecule has 4 N–H and O–H groups in total. The van der Waals surface area contributed by atoms with Gasteiger partial charge in [0.15, 0.2) is 34.6 Å². The summed E-state index contributed by atoms with van der Waals surface area (Å²) in [6.07, 6.45) is 17.8. The molecule has 2 aromatic carbocycles. The predicted molar refractivity (Wildman–Crippen MR) is 253 cm³/mol. The summed E-state index contributed by atoms with van der Waals surface area (Å²) in [7, 11) is 0. The molecule has 0 saturated carbocycles. The molecule has 10 aromatic rings. The number of nitrogens with one attached hydrogen (secondary N) is 4. The van der Waals surface area contributed by atoms with Crippen LogP contribution in [-0.4, -0.2) is 72.1 Å². The lowest BCUT2D eigenvalue weighted by atomic mass is 10.1. The number of benzene rings is 2. The topological polar surface area (TPSA) is 169 Å². The molecular formula is C49H51FN14. The molecule has 0 amide bonds. The quantitative estimate of drug-likeness (QED) is 0.0826. The van der Waals surface area contributed by atoms with Gasteiger partial charge in [0.1, 0.15) is 16.9 Å². The number of para-hydroxylation sites is 2. The first-order chi connectivity index (χ1) is 31.3. The van der Waals surface area contributed by atoms with Crippen molar-refractivity contribution in [1.29, 1.82) is 0 Å². The van der Waals surface area contributed by atoms with Gasteiger partial charge in [-0.1, -0.05) is 50.2 Å². The second kappa shape index (κ2) is 18.4. The third kappa shape index (κ3) is 8.61. The van der Waals surface area contributed by atoms with Crippen LogP contribution in [0.15, 0.2) is 110 Å². The summed E-state index contributed by atoms with van der Waals surface area (Å²) in [6, 6.07) is 20.6. The Morgan fingerprint density at radius 3 is 1.59 bits per heavy atom. The standard InChI is InChI=1S/C25H27N7.C24H24FN7/c1-4-17(3)32-15-29-22-24(27-10-9-18-14-28-21-8-6-5-7-20(18)21)30-23(31-25(22)32)19-11-16(2)12-26-13-19;1-3-15(2)32-14-29-21-23(27-9-8-16-12-28-20-7-5-4-6-19(16)20)30-22(31-24(21)32)17-10-18(25)13-26-11-17/h5-8,11-15,17,28H,4,9-10H2,1-3H3,(H,27,30,31);4-7,10-15,28H,3,8-9H2,1-2H3,(H,27,30,31). The molecule has 0 radical (unpaired) electrons. The zero-order valence-corrected chi connectivity index (χ0v) is 36.6. The van der Waals surface area contributed by atoms with E-state index in [2.05, 4.69) is 120 Å². The minimum atomic E-state index is -0.421. The van der Waals surface area contributed by atoms with Crippen LogP contribution in [0, 0.1) is 12.7 Å². The zero-order valence-electron chi connectivity index (χ0n) is 36.6. The van der Waals surface area contributed by atoms with Gasteiger partial charge in [-0.3, -0.25) is 9.97 Å². The van der Waals surface area contributed by atoms with Gasteiger partial charge in [0.2, 0.25) is 0 Å². The normalized spacial score (nSPS) is 12.5. The van der Waals surface area contributed by atoms with Gasteiger partial charge in [-0.05, 0) is 87.4 Å².